The molecule has 2 aromatic heterocycles. The number of morpholine rings is 1. The van der Waals surface area contributed by atoms with Gasteiger partial charge in [-0.25, -0.2) is 14.8 Å². The molecule has 11 nitrogen and oxygen atoms in total. The molecule has 0 spiro atoms. The molecule has 2 N–H and O–H groups in total. The van der Waals surface area contributed by atoms with Crippen LogP contribution in [0.25, 0.3) is 22.5 Å². The van der Waals surface area contributed by atoms with Gasteiger partial charge in [-0.05, 0) is 92.9 Å². The Morgan fingerprint density at radius 3 is 2.12 bits per heavy atom. The molecular formula is C38H42N8O3. The lowest BCUT2D eigenvalue weighted by atomic mass is 9.92. The predicted octanol–water partition coefficient (Wildman–Crippen LogP) is 6.75. The Morgan fingerprint density at radius 2 is 1.43 bits per heavy atom. The Labute approximate surface area is 286 Å². The number of urea groups is 1. The fourth-order valence-corrected chi connectivity index (χ4v) is 7.15. The number of fused-ring (bicyclic) bond motifs is 1. The van der Waals surface area contributed by atoms with Crippen LogP contribution >= 0.6 is 0 Å². The molecule has 8 rings (SSSR count). The van der Waals surface area contributed by atoms with Crippen LogP contribution in [0.1, 0.15) is 42.9 Å². The fraction of sp³-hybridized carbons (Fsp3) is 0.368. The molecule has 49 heavy (non-hydrogen) atoms. The van der Waals surface area contributed by atoms with Crippen molar-refractivity contribution in [2.45, 2.75) is 38.1 Å². The zero-order valence-electron chi connectivity index (χ0n) is 27.7. The van der Waals surface area contributed by atoms with Crippen molar-refractivity contribution in [3.05, 3.63) is 90.1 Å². The smallest absolute Gasteiger partial charge is 0.323 e. The summed E-state index contributed by atoms with van der Waals surface area (Å²) in [6, 6.07) is 26.0. The number of nitrogens with one attached hydrogen (secondary N) is 2. The second-order valence-electron chi connectivity index (χ2n) is 13.1. The van der Waals surface area contributed by atoms with E-state index >= 15 is 0 Å². The number of carbonyl (C=O) groups excluding carboxylic acids is 1. The molecular weight excluding hydrogens is 616 g/mol. The molecule has 0 atom stereocenters. The highest BCUT2D eigenvalue weighted by molar-refractivity contribution is 6.00. The molecule has 3 aliphatic heterocycles. The number of carbonyl (C=O) groups is 1. The number of anilines is 4. The summed E-state index contributed by atoms with van der Waals surface area (Å²) in [5.74, 6) is 1.62. The van der Waals surface area contributed by atoms with Gasteiger partial charge in [-0.15, -0.1) is 0 Å². The van der Waals surface area contributed by atoms with Gasteiger partial charge in [0.1, 0.15) is 11.2 Å². The van der Waals surface area contributed by atoms with E-state index in [1.165, 1.54) is 24.1 Å². The van der Waals surface area contributed by atoms with Gasteiger partial charge in [0.05, 0.1) is 13.2 Å². The van der Waals surface area contributed by atoms with Crippen LogP contribution in [0.3, 0.4) is 0 Å². The minimum Gasteiger partial charge on any atom is -0.378 e. The Kier molecular flexibility index (Phi) is 9.09. The van der Waals surface area contributed by atoms with Crippen molar-refractivity contribution in [1.82, 2.24) is 20.0 Å². The molecule has 3 aliphatic rings. The van der Waals surface area contributed by atoms with Crippen molar-refractivity contribution >= 4 is 40.0 Å². The van der Waals surface area contributed by atoms with Gasteiger partial charge in [-0.1, -0.05) is 35.5 Å². The zero-order chi connectivity index (χ0) is 33.0. The van der Waals surface area contributed by atoms with E-state index in [-0.39, 0.29) is 11.9 Å². The van der Waals surface area contributed by atoms with Gasteiger partial charge >= 0.3 is 6.03 Å². The van der Waals surface area contributed by atoms with E-state index in [0.717, 1.165) is 86.9 Å². The number of hydrogen-bond acceptors (Lipinski definition) is 9. The average molecular weight is 659 g/mol. The molecule has 3 aromatic carbocycles. The SMILES string of the molecule is O=C(Nc1ccc(-c2nc(N3CCOCC3)c3onc(C4CCN(Cc5ccccc5)CC4)c3n2)cc1)Nc1ccc(N2CCCC2)cc1. The maximum Gasteiger partial charge on any atom is 0.323 e. The lowest BCUT2D eigenvalue weighted by Crippen LogP contribution is -2.37. The molecule has 5 heterocycles. The summed E-state index contributed by atoms with van der Waals surface area (Å²) in [7, 11) is 0. The van der Waals surface area contributed by atoms with Crippen molar-refractivity contribution in [3.8, 4) is 11.4 Å². The highest BCUT2D eigenvalue weighted by atomic mass is 16.5. The van der Waals surface area contributed by atoms with Crippen LogP contribution in [0, 0.1) is 0 Å². The van der Waals surface area contributed by atoms with E-state index in [0.29, 0.717) is 30.3 Å². The Hall–Kier alpha value is -5.00. The van der Waals surface area contributed by atoms with Gasteiger partial charge in [0.2, 0.25) is 5.58 Å². The van der Waals surface area contributed by atoms with Crippen LogP contribution in [-0.2, 0) is 11.3 Å². The molecule has 11 heteroatoms. The van der Waals surface area contributed by atoms with Crippen LogP contribution in [0.2, 0.25) is 0 Å². The van der Waals surface area contributed by atoms with E-state index in [1.807, 2.05) is 36.4 Å². The van der Waals surface area contributed by atoms with Crippen molar-refractivity contribution in [1.29, 1.82) is 0 Å². The first-order valence-electron chi connectivity index (χ1n) is 17.5. The third-order valence-electron chi connectivity index (χ3n) is 9.86. The predicted molar refractivity (Wildman–Crippen MR) is 192 cm³/mol. The van der Waals surface area contributed by atoms with Crippen molar-refractivity contribution < 1.29 is 14.1 Å². The van der Waals surface area contributed by atoms with Gasteiger partial charge in [-0.3, -0.25) is 4.90 Å². The molecule has 252 valence electrons. The number of piperidine rings is 1. The molecule has 3 saturated heterocycles. The van der Waals surface area contributed by atoms with E-state index < -0.39 is 0 Å². The molecule has 0 saturated carbocycles. The summed E-state index contributed by atoms with van der Waals surface area (Å²) >= 11 is 0. The second-order valence-corrected chi connectivity index (χ2v) is 13.1. The Bertz CT molecular complexity index is 1860. The fourth-order valence-electron chi connectivity index (χ4n) is 7.15. The first-order chi connectivity index (χ1) is 24.2. The van der Waals surface area contributed by atoms with E-state index in [1.54, 1.807) is 0 Å². The molecule has 3 fully saturated rings. The van der Waals surface area contributed by atoms with Gasteiger partial charge in [-0.2, -0.15) is 0 Å². The largest absolute Gasteiger partial charge is 0.378 e. The lowest BCUT2D eigenvalue weighted by Gasteiger charge is -2.31. The summed E-state index contributed by atoms with van der Waals surface area (Å²) in [6.07, 6.45) is 4.44. The van der Waals surface area contributed by atoms with Crippen LogP contribution in [-0.4, -0.2) is 78.5 Å². The van der Waals surface area contributed by atoms with Gasteiger partial charge in [0, 0.05) is 61.3 Å². The maximum atomic E-state index is 12.8. The van der Waals surface area contributed by atoms with Crippen LogP contribution < -0.4 is 20.4 Å². The first kappa shape index (κ1) is 31.3. The van der Waals surface area contributed by atoms with Gasteiger partial charge in [0.15, 0.2) is 11.6 Å². The van der Waals surface area contributed by atoms with Crippen LogP contribution in [0.5, 0.6) is 0 Å². The van der Waals surface area contributed by atoms with Crippen LogP contribution in [0.4, 0.5) is 27.7 Å². The minimum atomic E-state index is -0.294. The third kappa shape index (κ3) is 7.09. The normalized spacial score (nSPS) is 17.5. The molecule has 5 aromatic rings. The number of amides is 2. The van der Waals surface area contributed by atoms with Crippen molar-refractivity contribution in [2.24, 2.45) is 0 Å². The zero-order valence-corrected chi connectivity index (χ0v) is 27.7. The second kappa shape index (κ2) is 14.2. The number of benzene rings is 3. The quantitative estimate of drug-likeness (QED) is 0.187. The molecule has 0 radical (unpaired) electrons. The topological polar surface area (TPSA) is 112 Å². The summed E-state index contributed by atoms with van der Waals surface area (Å²) < 4.78 is 11.6. The summed E-state index contributed by atoms with van der Waals surface area (Å²) in [6.45, 7) is 7.83. The monoisotopic (exact) mass is 658 g/mol. The number of likely N-dealkylation sites (tertiary alicyclic amines) is 1. The van der Waals surface area contributed by atoms with E-state index in [9.17, 15) is 4.79 Å². The highest BCUT2D eigenvalue weighted by Gasteiger charge is 2.29. The molecule has 2 amide bonds. The summed E-state index contributed by atoms with van der Waals surface area (Å²) in [5.41, 5.74) is 7.14. The molecule has 0 bridgehead atoms. The number of ether oxygens (including phenoxy) is 1. The number of hydrogen-bond donors (Lipinski definition) is 2. The lowest BCUT2D eigenvalue weighted by molar-refractivity contribution is 0.122. The maximum absolute atomic E-state index is 12.8. The van der Waals surface area contributed by atoms with Crippen molar-refractivity contribution in [2.75, 3.05) is 72.9 Å². The molecule has 0 unspecified atom stereocenters. The third-order valence-corrected chi connectivity index (χ3v) is 9.86. The first-order valence-corrected chi connectivity index (χ1v) is 17.5. The highest BCUT2D eigenvalue weighted by Crippen LogP contribution is 2.37. The van der Waals surface area contributed by atoms with Gasteiger partial charge in [0.25, 0.3) is 0 Å². The average Bonchev–Trinajstić information content (AvgIpc) is 3.84. The van der Waals surface area contributed by atoms with Crippen LogP contribution in [0.15, 0.2) is 83.4 Å². The van der Waals surface area contributed by atoms with E-state index in [4.69, 9.17) is 19.2 Å². The van der Waals surface area contributed by atoms with Gasteiger partial charge < -0.3 is 29.7 Å². The Balaban J connectivity index is 0.985. The standard InChI is InChI=1S/C38H42N8O3/c47-38(40-31-12-14-32(15-13-31)45-18-4-5-19-45)39-30-10-8-29(9-11-30)36-41-34-33(43-49-35(34)37(42-36)46-22-24-48-25-23-46)28-16-20-44(21-17-28)26-27-6-2-1-3-7-27/h1-3,6-15,28H,4-5,16-26H2,(H2,39,40,47). The number of nitrogens with zero attached hydrogens (tertiary/aromatic N) is 6. The summed E-state index contributed by atoms with van der Waals surface area (Å²) in [5, 5.41) is 10.5. The Morgan fingerprint density at radius 1 is 0.755 bits per heavy atom. The number of aromatic nitrogens is 3. The minimum absolute atomic E-state index is 0.259. The molecule has 0 aliphatic carbocycles. The number of rotatable bonds is 8. The van der Waals surface area contributed by atoms with E-state index in [2.05, 4.69) is 73.0 Å². The summed E-state index contributed by atoms with van der Waals surface area (Å²) in [4.78, 5) is 30.0. The van der Waals surface area contributed by atoms with Crippen molar-refractivity contribution in [3.63, 3.8) is 0 Å².